The number of rotatable bonds is 11. The average Bonchev–Trinajstić information content (AvgIpc) is 2.44. The fourth-order valence-corrected chi connectivity index (χ4v) is 2.03. The predicted octanol–water partition coefficient (Wildman–Crippen LogP) is 4.81. The van der Waals surface area contributed by atoms with Gasteiger partial charge < -0.3 is 15.3 Å². The van der Waals surface area contributed by atoms with Crippen molar-refractivity contribution in [2.45, 2.75) is 91.9 Å². The van der Waals surface area contributed by atoms with Gasteiger partial charge >= 0.3 is 5.97 Å². The lowest BCUT2D eigenvalue weighted by Crippen LogP contribution is -2.13. The molecule has 144 valence electrons. The third kappa shape index (κ3) is 37.0. The maximum absolute atomic E-state index is 11.0. The third-order valence-corrected chi connectivity index (χ3v) is 3.16. The maximum Gasteiger partial charge on any atom is 0.306 e. The van der Waals surface area contributed by atoms with Crippen molar-refractivity contribution in [3.05, 3.63) is 0 Å². The van der Waals surface area contributed by atoms with E-state index in [2.05, 4.69) is 13.8 Å². The molecule has 0 aromatic heterocycles. The molecule has 0 saturated carbocycles. The van der Waals surface area contributed by atoms with Crippen LogP contribution in [0.25, 0.3) is 0 Å². The first-order chi connectivity index (χ1) is 11.2. The van der Waals surface area contributed by atoms with E-state index in [1.54, 1.807) is 0 Å². The van der Waals surface area contributed by atoms with Crippen molar-refractivity contribution in [1.82, 2.24) is 0 Å². The van der Waals surface area contributed by atoms with Crippen LogP contribution in [0, 0.1) is 5.92 Å². The predicted molar refractivity (Wildman–Crippen MR) is 95.3 cm³/mol. The Bertz CT molecular complexity index is 283. The van der Waals surface area contributed by atoms with Gasteiger partial charge in [0.15, 0.2) is 0 Å². The molecular formula is C18H36O6. The molecule has 0 aliphatic carbocycles. The van der Waals surface area contributed by atoms with Crippen molar-refractivity contribution in [1.29, 1.82) is 0 Å². The highest BCUT2D eigenvalue weighted by Gasteiger charge is 2.15. The van der Waals surface area contributed by atoms with Crippen molar-refractivity contribution in [3.8, 4) is 0 Å². The maximum atomic E-state index is 11.0. The molecule has 0 bridgehead atoms. The van der Waals surface area contributed by atoms with Gasteiger partial charge in [0.1, 0.15) is 0 Å². The Morgan fingerprint density at radius 3 is 1.17 bits per heavy atom. The lowest BCUT2D eigenvalue weighted by atomic mass is 9.95. The van der Waals surface area contributed by atoms with Crippen LogP contribution in [0.2, 0.25) is 0 Å². The van der Waals surface area contributed by atoms with Gasteiger partial charge in [-0.2, -0.15) is 0 Å². The van der Waals surface area contributed by atoms with E-state index in [1.807, 2.05) is 0 Å². The molecule has 0 heterocycles. The number of carbonyl (C=O) groups is 3. The molecule has 0 aliphatic heterocycles. The van der Waals surface area contributed by atoms with Crippen LogP contribution >= 0.6 is 0 Å². The summed E-state index contributed by atoms with van der Waals surface area (Å²) in [6.07, 6.45) is 11.2. The highest BCUT2D eigenvalue weighted by Crippen LogP contribution is 2.18. The lowest BCUT2D eigenvalue weighted by molar-refractivity contribution is -0.142. The van der Waals surface area contributed by atoms with Crippen LogP contribution in [-0.2, 0) is 14.4 Å². The Labute approximate surface area is 146 Å². The van der Waals surface area contributed by atoms with Crippen molar-refractivity contribution in [2.24, 2.45) is 5.92 Å². The zero-order valence-corrected chi connectivity index (χ0v) is 15.7. The van der Waals surface area contributed by atoms with E-state index < -0.39 is 17.9 Å². The Morgan fingerprint density at radius 2 is 0.958 bits per heavy atom. The van der Waals surface area contributed by atoms with Crippen LogP contribution in [0.15, 0.2) is 0 Å². The first kappa shape index (κ1) is 27.3. The Kier molecular flexibility index (Phi) is 24.3. The first-order valence-corrected chi connectivity index (χ1v) is 8.80. The Morgan fingerprint density at radius 1 is 0.667 bits per heavy atom. The topological polar surface area (TPSA) is 112 Å². The van der Waals surface area contributed by atoms with Gasteiger partial charge in [0, 0.05) is 13.8 Å². The molecule has 0 fully saturated rings. The summed E-state index contributed by atoms with van der Waals surface area (Å²) < 4.78 is 0. The molecule has 0 saturated heterocycles. The summed E-state index contributed by atoms with van der Waals surface area (Å²) in [5.74, 6) is -2.35. The van der Waals surface area contributed by atoms with Crippen LogP contribution in [0.5, 0.6) is 0 Å². The van der Waals surface area contributed by atoms with Gasteiger partial charge in [-0.1, -0.05) is 65.2 Å². The van der Waals surface area contributed by atoms with Gasteiger partial charge in [-0.15, -0.1) is 0 Å². The fourth-order valence-electron chi connectivity index (χ4n) is 2.03. The monoisotopic (exact) mass is 348 g/mol. The lowest BCUT2D eigenvalue weighted by Gasteiger charge is -2.11. The molecule has 0 amide bonds. The second-order valence-electron chi connectivity index (χ2n) is 5.77. The van der Waals surface area contributed by atoms with Gasteiger partial charge in [-0.05, 0) is 12.8 Å². The van der Waals surface area contributed by atoms with Crippen LogP contribution in [-0.4, -0.2) is 33.2 Å². The van der Waals surface area contributed by atoms with Gasteiger partial charge in [0.05, 0.1) is 5.92 Å². The molecule has 0 rings (SSSR count). The number of carboxylic acid groups (broad SMARTS) is 3. The highest BCUT2D eigenvalue weighted by atomic mass is 16.4. The van der Waals surface area contributed by atoms with Crippen molar-refractivity contribution >= 4 is 17.9 Å². The Hall–Kier alpha value is -1.59. The minimum atomic E-state index is -0.833. The SMILES string of the molecule is CC(=O)O.CC(=O)O.CCCCCCC(CCCCCC)C(=O)O. The average molecular weight is 348 g/mol. The summed E-state index contributed by atoms with van der Waals surface area (Å²) >= 11 is 0. The smallest absolute Gasteiger partial charge is 0.306 e. The van der Waals surface area contributed by atoms with Gasteiger partial charge in [0.25, 0.3) is 11.9 Å². The largest absolute Gasteiger partial charge is 0.481 e. The number of carboxylic acids is 3. The van der Waals surface area contributed by atoms with Crippen molar-refractivity contribution in [2.75, 3.05) is 0 Å². The summed E-state index contributed by atoms with van der Waals surface area (Å²) in [5, 5.41) is 23.9. The molecule has 6 nitrogen and oxygen atoms in total. The Balaban J connectivity index is -0.000000457. The standard InChI is InChI=1S/C14H28O2.2C2H4O2/c1-3-5-7-9-11-13(14(15)16)12-10-8-6-4-2;2*1-2(3)4/h13H,3-12H2,1-2H3,(H,15,16);2*1H3,(H,3,4). The van der Waals surface area contributed by atoms with E-state index in [9.17, 15) is 4.79 Å². The first-order valence-electron chi connectivity index (χ1n) is 8.80. The normalized spacial score (nSPS) is 9.38. The van der Waals surface area contributed by atoms with Gasteiger partial charge in [0.2, 0.25) is 0 Å². The van der Waals surface area contributed by atoms with Crippen LogP contribution in [0.1, 0.15) is 91.9 Å². The molecule has 0 aliphatic rings. The quantitative estimate of drug-likeness (QED) is 0.462. The van der Waals surface area contributed by atoms with Crippen LogP contribution in [0.4, 0.5) is 0 Å². The molecule has 24 heavy (non-hydrogen) atoms. The molecule has 3 N–H and O–H groups in total. The molecular weight excluding hydrogens is 312 g/mol. The number of aliphatic carboxylic acids is 3. The molecule has 0 atom stereocenters. The molecule has 6 heteroatoms. The van der Waals surface area contributed by atoms with E-state index in [-0.39, 0.29) is 5.92 Å². The number of unbranched alkanes of at least 4 members (excludes halogenated alkanes) is 6. The third-order valence-electron chi connectivity index (χ3n) is 3.16. The molecule has 0 spiro atoms. The van der Waals surface area contributed by atoms with Crippen LogP contribution in [0.3, 0.4) is 0 Å². The summed E-state index contributed by atoms with van der Waals surface area (Å²) in [5.41, 5.74) is 0. The minimum absolute atomic E-state index is 0.0892. The molecule has 0 aromatic rings. The zero-order chi connectivity index (χ0) is 19.4. The minimum Gasteiger partial charge on any atom is -0.481 e. The van der Waals surface area contributed by atoms with Gasteiger partial charge in [-0.3, -0.25) is 14.4 Å². The van der Waals surface area contributed by atoms with E-state index in [4.69, 9.17) is 24.9 Å². The highest BCUT2D eigenvalue weighted by molar-refractivity contribution is 5.69. The number of hydrogen-bond acceptors (Lipinski definition) is 3. The summed E-state index contributed by atoms with van der Waals surface area (Å²) in [6, 6.07) is 0. The van der Waals surface area contributed by atoms with Crippen LogP contribution < -0.4 is 0 Å². The van der Waals surface area contributed by atoms with Crippen molar-refractivity contribution in [3.63, 3.8) is 0 Å². The molecule has 0 aromatic carbocycles. The van der Waals surface area contributed by atoms with E-state index in [1.165, 1.54) is 38.5 Å². The van der Waals surface area contributed by atoms with E-state index in [0.717, 1.165) is 39.5 Å². The van der Waals surface area contributed by atoms with E-state index >= 15 is 0 Å². The van der Waals surface area contributed by atoms with Crippen molar-refractivity contribution < 1.29 is 29.7 Å². The molecule has 0 radical (unpaired) electrons. The van der Waals surface area contributed by atoms with E-state index in [0.29, 0.717) is 0 Å². The van der Waals surface area contributed by atoms with Gasteiger partial charge in [-0.25, -0.2) is 0 Å². The second-order valence-corrected chi connectivity index (χ2v) is 5.77. The molecule has 0 unspecified atom stereocenters. The summed E-state index contributed by atoms with van der Waals surface area (Å²) in [6.45, 7) is 6.53. The summed E-state index contributed by atoms with van der Waals surface area (Å²) in [4.78, 5) is 29.0. The number of hydrogen-bond donors (Lipinski definition) is 3. The zero-order valence-electron chi connectivity index (χ0n) is 15.7. The fraction of sp³-hybridized carbons (Fsp3) is 0.833. The summed E-state index contributed by atoms with van der Waals surface area (Å²) in [7, 11) is 0. The second kappa shape index (κ2) is 21.4.